The number of benzene rings is 1. The zero-order chi connectivity index (χ0) is 8.43. The van der Waals surface area contributed by atoms with Crippen LogP contribution < -0.4 is 11.5 Å². The highest BCUT2D eigenvalue weighted by Crippen LogP contribution is 2.32. The van der Waals surface area contributed by atoms with Crippen molar-refractivity contribution in [2.24, 2.45) is 5.18 Å². The number of rotatable bonds is 1. The van der Waals surface area contributed by atoms with Gasteiger partial charge in [0.25, 0.3) is 0 Å². The molecule has 0 saturated heterocycles. The normalized spacial score (nSPS) is 9.45. The standard InChI is InChI=1S/C6H7N3O2/c7-4-1-3(9-11)2-5(8)6(4)10/h1-2,10H,7-8H2. The van der Waals surface area contributed by atoms with Crippen LogP contribution >= 0.6 is 0 Å². The molecule has 5 heteroatoms. The summed E-state index contributed by atoms with van der Waals surface area (Å²) in [6, 6.07) is 2.50. The number of phenolic OH excluding ortho intramolecular Hbond substituents is 1. The zero-order valence-corrected chi connectivity index (χ0v) is 5.61. The van der Waals surface area contributed by atoms with E-state index in [-0.39, 0.29) is 22.8 Å². The second-order valence-electron chi connectivity index (χ2n) is 2.06. The first-order valence-electron chi connectivity index (χ1n) is 2.86. The van der Waals surface area contributed by atoms with Crippen molar-refractivity contribution in [3.63, 3.8) is 0 Å². The van der Waals surface area contributed by atoms with Gasteiger partial charge in [0.2, 0.25) is 0 Å². The number of nitrogens with zero attached hydrogens (tertiary/aromatic N) is 1. The number of hydrogen-bond donors (Lipinski definition) is 3. The Labute approximate surface area is 62.6 Å². The smallest absolute Gasteiger partial charge is 0.161 e. The monoisotopic (exact) mass is 153 g/mol. The molecule has 0 aliphatic carbocycles. The molecule has 5 N–H and O–H groups in total. The number of hydrogen-bond acceptors (Lipinski definition) is 5. The third-order valence-electron chi connectivity index (χ3n) is 1.26. The van der Waals surface area contributed by atoms with Gasteiger partial charge in [0.15, 0.2) is 5.75 Å². The molecule has 0 saturated carbocycles. The molecule has 0 fully saturated rings. The van der Waals surface area contributed by atoms with Crippen molar-refractivity contribution in [2.75, 3.05) is 11.5 Å². The van der Waals surface area contributed by atoms with Crippen LogP contribution in [0.5, 0.6) is 5.75 Å². The topological polar surface area (TPSA) is 102 Å². The molecule has 58 valence electrons. The SMILES string of the molecule is Nc1cc(N=O)cc(N)c1O. The zero-order valence-electron chi connectivity index (χ0n) is 5.61. The van der Waals surface area contributed by atoms with Crippen molar-refractivity contribution < 1.29 is 5.11 Å². The molecule has 1 aromatic rings. The third-order valence-corrected chi connectivity index (χ3v) is 1.26. The predicted octanol–water partition coefficient (Wildman–Crippen LogP) is 0.954. The average molecular weight is 153 g/mol. The number of nitrogens with two attached hydrogens (primary N) is 2. The summed E-state index contributed by atoms with van der Waals surface area (Å²) < 4.78 is 0. The summed E-state index contributed by atoms with van der Waals surface area (Å²) in [7, 11) is 0. The van der Waals surface area contributed by atoms with Crippen molar-refractivity contribution in [2.45, 2.75) is 0 Å². The van der Waals surface area contributed by atoms with Gasteiger partial charge in [0, 0.05) is 0 Å². The molecule has 0 radical (unpaired) electrons. The van der Waals surface area contributed by atoms with Gasteiger partial charge in [0.1, 0.15) is 5.69 Å². The molecule has 0 aliphatic heterocycles. The van der Waals surface area contributed by atoms with Crippen molar-refractivity contribution in [3.8, 4) is 5.75 Å². The summed E-state index contributed by atoms with van der Waals surface area (Å²) in [4.78, 5) is 9.98. The first kappa shape index (κ1) is 7.33. The average Bonchev–Trinajstić information content (AvgIpc) is 1.99. The minimum absolute atomic E-state index is 0.0552. The van der Waals surface area contributed by atoms with Gasteiger partial charge in [-0.3, -0.25) is 0 Å². The van der Waals surface area contributed by atoms with Crippen LogP contribution in [0, 0.1) is 4.91 Å². The highest BCUT2D eigenvalue weighted by atomic mass is 16.3. The molecule has 0 aliphatic rings. The van der Waals surface area contributed by atoms with Gasteiger partial charge in [-0.1, -0.05) is 0 Å². The fourth-order valence-corrected chi connectivity index (χ4v) is 0.716. The molecule has 0 atom stereocenters. The Balaban J connectivity index is 3.31. The van der Waals surface area contributed by atoms with Crippen molar-refractivity contribution in [3.05, 3.63) is 17.0 Å². The van der Waals surface area contributed by atoms with E-state index in [0.29, 0.717) is 0 Å². The maximum Gasteiger partial charge on any atom is 0.161 e. The third kappa shape index (κ3) is 1.21. The lowest BCUT2D eigenvalue weighted by Crippen LogP contribution is -1.90. The molecule has 0 spiro atoms. The Morgan fingerprint density at radius 2 is 1.73 bits per heavy atom. The van der Waals surface area contributed by atoms with E-state index in [1.54, 1.807) is 0 Å². The van der Waals surface area contributed by atoms with Crippen molar-refractivity contribution in [1.29, 1.82) is 0 Å². The number of phenols is 1. The molecule has 11 heavy (non-hydrogen) atoms. The van der Waals surface area contributed by atoms with Gasteiger partial charge in [-0.05, 0) is 17.3 Å². The van der Waals surface area contributed by atoms with Crippen LogP contribution in [-0.4, -0.2) is 5.11 Å². The number of aromatic hydroxyl groups is 1. The largest absolute Gasteiger partial charge is 0.504 e. The number of nitrogen functional groups attached to an aromatic ring is 2. The second-order valence-corrected chi connectivity index (χ2v) is 2.06. The summed E-state index contributed by atoms with van der Waals surface area (Å²) in [5.74, 6) is -0.211. The Morgan fingerprint density at radius 3 is 2.09 bits per heavy atom. The van der Waals surface area contributed by atoms with E-state index in [1.165, 1.54) is 12.1 Å². The molecule has 1 aromatic carbocycles. The number of nitroso groups, excluding NO2 is 1. The summed E-state index contributed by atoms with van der Waals surface area (Å²) in [6.07, 6.45) is 0. The van der Waals surface area contributed by atoms with E-state index < -0.39 is 0 Å². The molecular formula is C6H7N3O2. The molecule has 0 bridgehead atoms. The minimum atomic E-state index is -0.211. The Morgan fingerprint density at radius 1 is 1.27 bits per heavy atom. The lowest BCUT2D eigenvalue weighted by molar-refractivity contribution is 0.480. The molecule has 1 rings (SSSR count). The molecule has 0 aromatic heterocycles. The minimum Gasteiger partial charge on any atom is -0.504 e. The van der Waals surface area contributed by atoms with Gasteiger partial charge >= 0.3 is 0 Å². The Kier molecular flexibility index (Phi) is 1.63. The van der Waals surface area contributed by atoms with E-state index in [1.807, 2.05) is 0 Å². The maximum absolute atomic E-state index is 9.98. The lowest BCUT2D eigenvalue weighted by atomic mass is 10.2. The first-order chi connectivity index (χ1) is 5.15. The summed E-state index contributed by atoms with van der Waals surface area (Å²) in [6.45, 7) is 0. The van der Waals surface area contributed by atoms with E-state index in [0.717, 1.165) is 0 Å². The van der Waals surface area contributed by atoms with E-state index in [2.05, 4.69) is 5.18 Å². The van der Waals surface area contributed by atoms with Crippen molar-refractivity contribution >= 4 is 17.1 Å². The van der Waals surface area contributed by atoms with Crippen molar-refractivity contribution in [1.82, 2.24) is 0 Å². The van der Waals surface area contributed by atoms with Gasteiger partial charge in [-0.15, -0.1) is 4.91 Å². The van der Waals surface area contributed by atoms with E-state index in [9.17, 15) is 4.91 Å². The van der Waals surface area contributed by atoms with Crippen LogP contribution in [0.15, 0.2) is 17.3 Å². The first-order valence-corrected chi connectivity index (χ1v) is 2.86. The second kappa shape index (κ2) is 2.45. The van der Waals surface area contributed by atoms with Crippen LogP contribution in [-0.2, 0) is 0 Å². The van der Waals surface area contributed by atoms with Gasteiger partial charge in [-0.2, -0.15) is 0 Å². The fraction of sp³-hybridized carbons (Fsp3) is 0. The van der Waals surface area contributed by atoms with Crippen LogP contribution in [0.2, 0.25) is 0 Å². The van der Waals surface area contributed by atoms with Gasteiger partial charge in [0.05, 0.1) is 11.4 Å². The maximum atomic E-state index is 9.98. The van der Waals surface area contributed by atoms with E-state index in [4.69, 9.17) is 16.6 Å². The summed E-state index contributed by atoms with van der Waals surface area (Å²) in [5.41, 5.74) is 10.8. The van der Waals surface area contributed by atoms with Crippen LogP contribution in [0.1, 0.15) is 0 Å². The number of anilines is 2. The molecular weight excluding hydrogens is 146 g/mol. The molecule has 0 amide bonds. The fourth-order valence-electron chi connectivity index (χ4n) is 0.716. The summed E-state index contributed by atoms with van der Waals surface area (Å²) >= 11 is 0. The van der Waals surface area contributed by atoms with Gasteiger partial charge in [-0.25, -0.2) is 0 Å². The Bertz CT molecular complexity index is 275. The van der Waals surface area contributed by atoms with Crippen LogP contribution in [0.25, 0.3) is 0 Å². The summed E-state index contributed by atoms with van der Waals surface area (Å²) in [5, 5.41) is 11.6. The predicted molar refractivity (Wildman–Crippen MR) is 42.4 cm³/mol. The van der Waals surface area contributed by atoms with Crippen LogP contribution in [0.3, 0.4) is 0 Å². The lowest BCUT2D eigenvalue weighted by Gasteiger charge is -2.01. The molecule has 0 heterocycles. The van der Waals surface area contributed by atoms with Crippen LogP contribution in [0.4, 0.5) is 17.1 Å². The van der Waals surface area contributed by atoms with E-state index >= 15 is 0 Å². The molecule has 0 unspecified atom stereocenters. The van der Waals surface area contributed by atoms with Gasteiger partial charge < -0.3 is 16.6 Å². The quantitative estimate of drug-likeness (QED) is 0.317. The molecule has 5 nitrogen and oxygen atoms in total. The highest BCUT2D eigenvalue weighted by Gasteiger charge is 2.03. The Hall–Kier alpha value is -1.78. The highest BCUT2D eigenvalue weighted by molar-refractivity contribution is 5.72.